The first-order valence-electron chi connectivity index (χ1n) is 8.42. The maximum atomic E-state index is 13.7. The van der Waals surface area contributed by atoms with Crippen LogP contribution in [0, 0.1) is 11.6 Å². The minimum Gasteiger partial charge on any atom is -0.355 e. The van der Waals surface area contributed by atoms with Crippen molar-refractivity contribution in [2.45, 2.75) is 6.54 Å². The molecule has 0 fully saturated rings. The van der Waals surface area contributed by atoms with E-state index in [1.807, 2.05) is 30.3 Å². The highest BCUT2D eigenvalue weighted by Gasteiger charge is 2.17. The standard InChI is InChI=1S/C20H17F2N3O3/c1-25(12-14-7-8-15(21)9-16(14)22)19(26)11-23-20(27)17-10-18(28-24-17)13-5-3-2-4-6-13/h2-10H,11-12H2,1H3,(H,23,27). The van der Waals surface area contributed by atoms with Crippen molar-refractivity contribution in [3.63, 3.8) is 0 Å². The number of nitrogens with one attached hydrogen (secondary N) is 1. The molecular formula is C20H17F2N3O3. The Bertz CT molecular complexity index is 989. The van der Waals surface area contributed by atoms with E-state index in [0.717, 1.165) is 17.7 Å². The lowest BCUT2D eigenvalue weighted by atomic mass is 10.1. The maximum Gasteiger partial charge on any atom is 0.273 e. The van der Waals surface area contributed by atoms with Crippen LogP contribution in [0.15, 0.2) is 59.1 Å². The third-order valence-electron chi connectivity index (χ3n) is 4.05. The minimum absolute atomic E-state index is 0.0406. The SMILES string of the molecule is CN(Cc1ccc(F)cc1F)C(=O)CNC(=O)c1cc(-c2ccccc2)on1. The number of halogens is 2. The average Bonchev–Trinajstić information content (AvgIpc) is 3.19. The molecule has 1 heterocycles. The van der Waals surface area contributed by atoms with E-state index < -0.39 is 23.4 Å². The summed E-state index contributed by atoms with van der Waals surface area (Å²) in [7, 11) is 1.46. The zero-order valence-electron chi connectivity index (χ0n) is 15.0. The first kappa shape index (κ1) is 19.2. The van der Waals surface area contributed by atoms with Gasteiger partial charge in [0.15, 0.2) is 11.5 Å². The van der Waals surface area contributed by atoms with Gasteiger partial charge in [-0.25, -0.2) is 8.78 Å². The third kappa shape index (κ3) is 4.59. The highest BCUT2D eigenvalue weighted by molar-refractivity contribution is 5.95. The summed E-state index contributed by atoms with van der Waals surface area (Å²) < 4.78 is 31.8. The summed E-state index contributed by atoms with van der Waals surface area (Å²) in [5, 5.41) is 6.15. The van der Waals surface area contributed by atoms with Gasteiger partial charge in [0.05, 0.1) is 6.54 Å². The largest absolute Gasteiger partial charge is 0.355 e. The van der Waals surface area contributed by atoms with Crippen LogP contribution < -0.4 is 5.32 Å². The number of benzene rings is 2. The third-order valence-corrected chi connectivity index (χ3v) is 4.05. The second kappa shape index (κ2) is 8.43. The number of likely N-dealkylation sites (N-methyl/N-ethyl adjacent to an activating group) is 1. The molecule has 3 rings (SSSR count). The number of hydrogen-bond donors (Lipinski definition) is 1. The van der Waals surface area contributed by atoms with E-state index in [0.29, 0.717) is 5.76 Å². The van der Waals surface area contributed by atoms with Gasteiger partial charge in [0.25, 0.3) is 5.91 Å². The molecule has 28 heavy (non-hydrogen) atoms. The maximum absolute atomic E-state index is 13.7. The average molecular weight is 385 g/mol. The van der Waals surface area contributed by atoms with Crippen LogP contribution in [0.2, 0.25) is 0 Å². The molecule has 1 aromatic heterocycles. The molecule has 144 valence electrons. The van der Waals surface area contributed by atoms with E-state index in [2.05, 4.69) is 10.5 Å². The normalized spacial score (nSPS) is 10.5. The molecule has 0 unspecified atom stereocenters. The van der Waals surface area contributed by atoms with E-state index in [-0.39, 0.29) is 24.3 Å². The summed E-state index contributed by atoms with van der Waals surface area (Å²) >= 11 is 0. The predicted octanol–water partition coefficient (Wildman–Crippen LogP) is 3.01. The van der Waals surface area contributed by atoms with Gasteiger partial charge in [-0.3, -0.25) is 9.59 Å². The van der Waals surface area contributed by atoms with Crippen LogP contribution in [0.25, 0.3) is 11.3 Å². The Kier molecular flexibility index (Phi) is 5.78. The van der Waals surface area contributed by atoms with Crippen LogP contribution in [0.3, 0.4) is 0 Å². The van der Waals surface area contributed by atoms with Crippen LogP contribution in [0.5, 0.6) is 0 Å². The van der Waals surface area contributed by atoms with E-state index in [4.69, 9.17) is 4.52 Å². The summed E-state index contributed by atoms with van der Waals surface area (Å²) in [6, 6.07) is 13.8. The van der Waals surface area contributed by atoms with Crippen LogP contribution in [0.4, 0.5) is 8.78 Å². The lowest BCUT2D eigenvalue weighted by molar-refractivity contribution is -0.129. The molecule has 0 bridgehead atoms. The molecule has 0 aliphatic heterocycles. The Hall–Kier alpha value is -3.55. The van der Waals surface area contributed by atoms with Crippen LogP contribution in [-0.4, -0.2) is 35.5 Å². The number of carbonyl (C=O) groups excluding carboxylic acids is 2. The van der Waals surface area contributed by atoms with Crippen molar-refractivity contribution in [3.05, 3.63) is 77.5 Å². The molecular weight excluding hydrogens is 368 g/mol. The van der Waals surface area contributed by atoms with E-state index >= 15 is 0 Å². The predicted molar refractivity (Wildman–Crippen MR) is 97.1 cm³/mol. The fraction of sp³-hybridized carbons (Fsp3) is 0.150. The smallest absolute Gasteiger partial charge is 0.273 e. The number of hydrogen-bond acceptors (Lipinski definition) is 4. The van der Waals surface area contributed by atoms with Gasteiger partial charge in [-0.05, 0) is 6.07 Å². The second-order valence-corrected chi connectivity index (χ2v) is 6.11. The summed E-state index contributed by atoms with van der Waals surface area (Å²) in [5.74, 6) is -2.00. The van der Waals surface area contributed by atoms with Crippen molar-refractivity contribution in [1.82, 2.24) is 15.4 Å². The van der Waals surface area contributed by atoms with Crippen molar-refractivity contribution in [1.29, 1.82) is 0 Å². The Morgan fingerprint density at radius 1 is 1.11 bits per heavy atom. The number of amides is 2. The fourth-order valence-electron chi connectivity index (χ4n) is 2.50. The van der Waals surface area contributed by atoms with Crippen molar-refractivity contribution in [2.24, 2.45) is 0 Å². The molecule has 0 atom stereocenters. The van der Waals surface area contributed by atoms with Crippen molar-refractivity contribution < 1.29 is 22.9 Å². The molecule has 0 aliphatic carbocycles. The quantitative estimate of drug-likeness (QED) is 0.708. The molecule has 0 spiro atoms. The van der Waals surface area contributed by atoms with Crippen LogP contribution in [0.1, 0.15) is 16.1 Å². The Morgan fingerprint density at radius 3 is 2.57 bits per heavy atom. The molecule has 8 heteroatoms. The van der Waals surface area contributed by atoms with Crippen molar-refractivity contribution in [2.75, 3.05) is 13.6 Å². The van der Waals surface area contributed by atoms with Gasteiger partial charge in [-0.2, -0.15) is 0 Å². The Morgan fingerprint density at radius 2 is 1.86 bits per heavy atom. The summed E-state index contributed by atoms with van der Waals surface area (Å²) in [5.41, 5.74) is 0.984. The monoisotopic (exact) mass is 385 g/mol. The summed E-state index contributed by atoms with van der Waals surface area (Å²) in [6.07, 6.45) is 0. The van der Waals surface area contributed by atoms with Crippen LogP contribution >= 0.6 is 0 Å². The summed E-state index contributed by atoms with van der Waals surface area (Å²) in [6.45, 7) is -0.353. The highest BCUT2D eigenvalue weighted by Crippen LogP contribution is 2.19. The number of rotatable bonds is 6. The van der Waals surface area contributed by atoms with E-state index in [1.54, 1.807) is 0 Å². The number of nitrogens with zero attached hydrogens (tertiary/aromatic N) is 2. The highest BCUT2D eigenvalue weighted by atomic mass is 19.1. The molecule has 0 saturated carbocycles. The molecule has 0 aliphatic rings. The lowest BCUT2D eigenvalue weighted by Crippen LogP contribution is -2.38. The van der Waals surface area contributed by atoms with Crippen molar-refractivity contribution in [3.8, 4) is 11.3 Å². The van der Waals surface area contributed by atoms with Crippen LogP contribution in [-0.2, 0) is 11.3 Å². The molecule has 6 nitrogen and oxygen atoms in total. The number of aromatic nitrogens is 1. The summed E-state index contributed by atoms with van der Waals surface area (Å²) in [4.78, 5) is 25.6. The first-order chi connectivity index (χ1) is 13.4. The van der Waals surface area contributed by atoms with E-state index in [9.17, 15) is 18.4 Å². The molecule has 3 aromatic rings. The Balaban J connectivity index is 1.55. The molecule has 0 radical (unpaired) electrons. The van der Waals surface area contributed by atoms with Gasteiger partial charge in [-0.15, -0.1) is 0 Å². The first-order valence-corrected chi connectivity index (χ1v) is 8.42. The van der Waals surface area contributed by atoms with Crippen molar-refractivity contribution >= 4 is 11.8 Å². The zero-order valence-corrected chi connectivity index (χ0v) is 15.0. The Labute approximate surface area is 159 Å². The fourth-order valence-corrected chi connectivity index (χ4v) is 2.50. The van der Waals surface area contributed by atoms with Gasteiger partial charge in [-0.1, -0.05) is 41.6 Å². The molecule has 0 saturated heterocycles. The molecule has 1 N–H and O–H groups in total. The molecule has 2 aromatic carbocycles. The zero-order chi connectivity index (χ0) is 20.1. The van der Waals surface area contributed by atoms with Gasteiger partial charge in [0.1, 0.15) is 11.6 Å². The lowest BCUT2D eigenvalue weighted by Gasteiger charge is -2.17. The van der Waals surface area contributed by atoms with Gasteiger partial charge < -0.3 is 14.7 Å². The molecule has 2 amide bonds. The van der Waals surface area contributed by atoms with E-state index in [1.165, 1.54) is 24.1 Å². The minimum atomic E-state index is -0.736. The van der Waals surface area contributed by atoms with Gasteiger partial charge in [0.2, 0.25) is 5.91 Å². The van der Waals surface area contributed by atoms with Gasteiger partial charge in [0, 0.05) is 36.9 Å². The number of carbonyl (C=O) groups is 2. The topological polar surface area (TPSA) is 75.4 Å². The second-order valence-electron chi connectivity index (χ2n) is 6.11. The van der Waals surface area contributed by atoms with Gasteiger partial charge >= 0.3 is 0 Å².